The first-order chi connectivity index (χ1) is 33.6. The zero-order chi connectivity index (χ0) is 45.6. The summed E-state index contributed by atoms with van der Waals surface area (Å²) in [5.41, 5.74) is 12.8. The molecule has 0 aliphatic carbocycles. The van der Waals surface area contributed by atoms with Crippen LogP contribution in [0.5, 0.6) is 0 Å². The van der Waals surface area contributed by atoms with Gasteiger partial charge in [-0.3, -0.25) is 0 Å². The highest BCUT2D eigenvalue weighted by molar-refractivity contribution is 6.26. The molecule has 12 aromatic rings. The van der Waals surface area contributed by atoms with Gasteiger partial charge in [-0.15, -0.1) is 6.42 Å². The van der Waals surface area contributed by atoms with E-state index in [1.54, 1.807) is 6.08 Å². The van der Waals surface area contributed by atoms with Gasteiger partial charge in [0.05, 0.1) is 11.0 Å². The number of allylic oxidation sites excluding steroid dienone is 4. The molecule has 0 atom stereocenters. The van der Waals surface area contributed by atoms with Crippen LogP contribution >= 0.6 is 0 Å². The first-order valence-corrected chi connectivity index (χ1v) is 22.9. The monoisotopic (exact) mass is 866 g/mol. The molecule has 0 radical (unpaired) electrons. The van der Waals surface area contributed by atoms with Gasteiger partial charge >= 0.3 is 0 Å². The van der Waals surface area contributed by atoms with Gasteiger partial charge in [-0.25, -0.2) is 15.0 Å². The van der Waals surface area contributed by atoms with E-state index in [4.69, 9.17) is 21.4 Å². The van der Waals surface area contributed by atoms with E-state index >= 15 is 0 Å². The van der Waals surface area contributed by atoms with Crippen LogP contribution in [-0.2, 0) is 0 Å². The first-order valence-electron chi connectivity index (χ1n) is 22.9. The zero-order valence-corrected chi connectivity index (χ0v) is 37.3. The van der Waals surface area contributed by atoms with Crippen LogP contribution in [0.3, 0.4) is 0 Å². The van der Waals surface area contributed by atoms with Crippen LogP contribution in [0.15, 0.2) is 231 Å². The molecule has 0 saturated carbocycles. The van der Waals surface area contributed by atoms with E-state index in [1.807, 2.05) is 49.4 Å². The fourth-order valence-corrected chi connectivity index (χ4v) is 9.94. The van der Waals surface area contributed by atoms with Gasteiger partial charge in [0.15, 0.2) is 17.5 Å². The molecule has 2 aromatic heterocycles. The lowest BCUT2D eigenvalue weighted by Crippen LogP contribution is -2.02. The van der Waals surface area contributed by atoms with Gasteiger partial charge in [0.2, 0.25) is 0 Å². The summed E-state index contributed by atoms with van der Waals surface area (Å²) in [6.07, 6.45) is 11.3. The number of hydrogen-bond donors (Lipinski definition) is 0. The molecule has 0 spiro atoms. The molecule has 0 aliphatic rings. The van der Waals surface area contributed by atoms with E-state index in [-0.39, 0.29) is 0 Å². The lowest BCUT2D eigenvalue weighted by atomic mass is 9.91. The SMILES string of the molecule is C#C/C=C(\C=C/C)c1nc(-c2ccccc2)nc(-c2cccc(-c3cccc(-c4cccc5c4c4cc(-c6ccc7c8ccccc8c8ccccc8c7c6)ccc4n5-c4ccccc4)c3)c2)n1. The fourth-order valence-electron chi connectivity index (χ4n) is 9.94. The maximum absolute atomic E-state index is 5.76. The molecule has 0 aliphatic heterocycles. The number of nitrogens with zero attached hydrogens (tertiary/aromatic N) is 4. The second kappa shape index (κ2) is 17.0. The molecule has 68 heavy (non-hydrogen) atoms. The molecule has 2 heterocycles. The van der Waals surface area contributed by atoms with Crippen molar-refractivity contribution in [1.82, 2.24) is 19.5 Å². The Morgan fingerprint density at radius 2 is 0.941 bits per heavy atom. The van der Waals surface area contributed by atoms with Crippen molar-refractivity contribution in [2.75, 3.05) is 0 Å². The standard InChI is InChI=1S/C64H42N4/c1-3-18-42(19-4-2)62-65-63(43-20-7-5-8-21-43)67-64(66-62)49-25-16-23-45(39-49)44-22-15-24-48(38-44)51-32-17-33-60-61(51)58-41-47(35-37-59(58)68(60)50-26-9-6-10-27-50)46-34-36-56-54-30-12-11-28-52(54)53-29-13-14-31-55(53)57(56)40-46/h1,4-41H,2H3/b19-4-,42-18+. The zero-order valence-electron chi connectivity index (χ0n) is 37.3. The number of para-hydroxylation sites is 1. The topological polar surface area (TPSA) is 43.6 Å². The number of hydrogen-bond acceptors (Lipinski definition) is 3. The van der Waals surface area contributed by atoms with Crippen LogP contribution in [0, 0.1) is 12.3 Å². The van der Waals surface area contributed by atoms with Gasteiger partial charge in [0.1, 0.15) is 0 Å². The third kappa shape index (κ3) is 7.02. The third-order valence-corrected chi connectivity index (χ3v) is 13.0. The minimum atomic E-state index is 0.519. The Morgan fingerprint density at radius 1 is 0.426 bits per heavy atom. The lowest BCUT2D eigenvalue weighted by Gasteiger charge is -2.12. The van der Waals surface area contributed by atoms with E-state index < -0.39 is 0 Å². The highest BCUT2D eigenvalue weighted by Crippen LogP contribution is 2.43. The summed E-state index contributed by atoms with van der Waals surface area (Å²) in [5.74, 6) is 4.33. The summed E-state index contributed by atoms with van der Waals surface area (Å²) in [5, 5.41) is 10.0. The molecule has 4 nitrogen and oxygen atoms in total. The molecule has 0 saturated heterocycles. The van der Waals surface area contributed by atoms with Crippen molar-refractivity contribution in [2.24, 2.45) is 0 Å². The van der Waals surface area contributed by atoms with Crippen LogP contribution < -0.4 is 0 Å². The maximum Gasteiger partial charge on any atom is 0.164 e. The Hall–Kier alpha value is -9.17. The first kappa shape index (κ1) is 40.3. The van der Waals surface area contributed by atoms with Gasteiger partial charge in [0, 0.05) is 33.2 Å². The van der Waals surface area contributed by atoms with Crippen LogP contribution in [0.1, 0.15) is 12.7 Å². The smallest absolute Gasteiger partial charge is 0.164 e. The number of fused-ring (bicyclic) bond motifs is 9. The lowest BCUT2D eigenvalue weighted by molar-refractivity contribution is 1.04. The van der Waals surface area contributed by atoms with Gasteiger partial charge in [-0.05, 0) is 127 Å². The predicted molar refractivity (Wildman–Crippen MR) is 285 cm³/mol. The predicted octanol–water partition coefficient (Wildman–Crippen LogP) is 16.4. The van der Waals surface area contributed by atoms with Gasteiger partial charge < -0.3 is 4.57 Å². The van der Waals surface area contributed by atoms with E-state index in [1.165, 1.54) is 59.8 Å². The van der Waals surface area contributed by atoms with Gasteiger partial charge in [0.25, 0.3) is 0 Å². The van der Waals surface area contributed by atoms with Crippen molar-refractivity contribution < 1.29 is 0 Å². The maximum atomic E-state index is 5.76. The number of terminal acetylenes is 1. The van der Waals surface area contributed by atoms with Crippen LogP contribution in [0.4, 0.5) is 0 Å². The summed E-state index contributed by atoms with van der Waals surface area (Å²) in [6, 6.07) is 76.2. The fraction of sp³-hybridized carbons (Fsp3) is 0.0156. The quantitative estimate of drug-likeness (QED) is 0.0868. The molecule has 4 heteroatoms. The molecular weight excluding hydrogens is 825 g/mol. The number of benzene rings is 10. The second-order valence-corrected chi connectivity index (χ2v) is 17.1. The molecule has 0 N–H and O–H groups in total. The normalized spacial score (nSPS) is 11.9. The number of rotatable bonds is 8. The summed E-state index contributed by atoms with van der Waals surface area (Å²) >= 11 is 0. The summed E-state index contributed by atoms with van der Waals surface area (Å²) in [7, 11) is 0. The minimum Gasteiger partial charge on any atom is -0.309 e. The molecule has 0 bridgehead atoms. The Labute approximate surface area is 394 Å². The average molecular weight is 867 g/mol. The van der Waals surface area contributed by atoms with Gasteiger partial charge in [-0.1, -0.05) is 182 Å². The number of aromatic nitrogens is 4. The van der Waals surface area contributed by atoms with E-state index in [0.717, 1.165) is 50.1 Å². The van der Waals surface area contributed by atoms with Crippen molar-refractivity contribution in [3.63, 3.8) is 0 Å². The Bertz CT molecular complexity index is 4000. The van der Waals surface area contributed by atoms with Gasteiger partial charge in [-0.2, -0.15) is 0 Å². The summed E-state index contributed by atoms with van der Waals surface area (Å²) in [4.78, 5) is 14.9. The average Bonchev–Trinajstić information content (AvgIpc) is 3.75. The highest BCUT2D eigenvalue weighted by Gasteiger charge is 2.19. The Kier molecular flexibility index (Phi) is 10.1. The molecular formula is C64H42N4. The van der Waals surface area contributed by atoms with Crippen molar-refractivity contribution in [1.29, 1.82) is 0 Å². The van der Waals surface area contributed by atoms with Crippen molar-refractivity contribution in [3.8, 4) is 74.2 Å². The molecule has 0 fully saturated rings. The van der Waals surface area contributed by atoms with Crippen LogP contribution in [0.25, 0.3) is 122 Å². The molecule has 0 amide bonds. The third-order valence-electron chi connectivity index (χ3n) is 13.0. The van der Waals surface area contributed by atoms with E-state index in [0.29, 0.717) is 17.5 Å². The highest BCUT2D eigenvalue weighted by atomic mass is 15.0. The van der Waals surface area contributed by atoms with Crippen molar-refractivity contribution in [3.05, 3.63) is 236 Å². The molecule has 12 rings (SSSR count). The summed E-state index contributed by atoms with van der Waals surface area (Å²) in [6.45, 7) is 1.95. The van der Waals surface area contributed by atoms with Crippen molar-refractivity contribution in [2.45, 2.75) is 6.92 Å². The molecule has 318 valence electrons. The van der Waals surface area contributed by atoms with Crippen molar-refractivity contribution >= 4 is 59.7 Å². The molecule has 10 aromatic carbocycles. The summed E-state index contributed by atoms with van der Waals surface area (Å²) < 4.78 is 2.40. The Morgan fingerprint density at radius 3 is 1.62 bits per heavy atom. The van der Waals surface area contributed by atoms with Crippen LogP contribution in [0.2, 0.25) is 0 Å². The largest absolute Gasteiger partial charge is 0.309 e. The molecule has 0 unspecified atom stereocenters. The second-order valence-electron chi connectivity index (χ2n) is 17.1. The Balaban J connectivity index is 1.01. The van der Waals surface area contributed by atoms with Crippen LogP contribution in [-0.4, -0.2) is 19.5 Å². The minimum absolute atomic E-state index is 0.519. The van der Waals surface area contributed by atoms with E-state index in [9.17, 15) is 0 Å². The van der Waals surface area contributed by atoms with E-state index in [2.05, 4.69) is 192 Å².